The third-order valence-corrected chi connectivity index (χ3v) is 5.51. The van der Waals surface area contributed by atoms with Crippen LogP contribution in [0.3, 0.4) is 0 Å². The lowest BCUT2D eigenvalue weighted by molar-refractivity contribution is -0.122. The Kier molecular flexibility index (Phi) is 4.34. The van der Waals surface area contributed by atoms with E-state index in [0.29, 0.717) is 11.4 Å². The number of fused-ring (bicyclic) bond motifs is 1. The largest absolute Gasteiger partial charge is 0.457 e. The Labute approximate surface area is 154 Å². The zero-order valence-electron chi connectivity index (χ0n) is 13.7. The molecule has 0 aromatic heterocycles. The molecular weight excluding hydrogens is 382 g/mol. The van der Waals surface area contributed by atoms with E-state index in [0.717, 1.165) is 35.9 Å². The summed E-state index contributed by atoms with van der Waals surface area (Å²) in [7, 11) is 0. The zero-order chi connectivity index (χ0) is 17.4. The van der Waals surface area contributed by atoms with Gasteiger partial charge in [0.25, 0.3) is 0 Å². The number of rotatable bonds is 3. The van der Waals surface area contributed by atoms with Gasteiger partial charge in [0.15, 0.2) is 0 Å². The van der Waals surface area contributed by atoms with E-state index in [1.54, 1.807) is 24.3 Å². The highest BCUT2D eigenvalue weighted by Gasteiger charge is 2.48. The summed E-state index contributed by atoms with van der Waals surface area (Å²) in [5.41, 5.74) is 0.632. The van der Waals surface area contributed by atoms with Gasteiger partial charge in [0.1, 0.15) is 11.5 Å². The quantitative estimate of drug-likeness (QED) is 0.687. The van der Waals surface area contributed by atoms with Crippen molar-refractivity contribution < 1.29 is 14.3 Å². The van der Waals surface area contributed by atoms with Crippen LogP contribution in [0.1, 0.15) is 25.7 Å². The maximum atomic E-state index is 12.6. The first-order valence-corrected chi connectivity index (χ1v) is 9.34. The van der Waals surface area contributed by atoms with E-state index in [4.69, 9.17) is 4.74 Å². The highest BCUT2D eigenvalue weighted by atomic mass is 79.9. The van der Waals surface area contributed by atoms with E-state index in [1.165, 1.54) is 4.90 Å². The van der Waals surface area contributed by atoms with Crippen molar-refractivity contribution in [1.82, 2.24) is 0 Å². The molecule has 2 fully saturated rings. The molecule has 0 radical (unpaired) electrons. The third kappa shape index (κ3) is 3.09. The van der Waals surface area contributed by atoms with Gasteiger partial charge in [0.05, 0.1) is 17.5 Å². The summed E-state index contributed by atoms with van der Waals surface area (Å²) in [6, 6.07) is 14.7. The molecule has 2 amide bonds. The van der Waals surface area contributed by atoms with Gasteiger partial charge in [-0.3, -0.25) is 14.5 Å². The normalized spacial score (nSPS) is 22.8. The van der Waals surface area contributed by atoms with Crippen molar-refractivity contribution in [1.29, 1.82) is 0 Å². The number of carbonyl (C=O) groups is 2. The van der Waals surface area contributed by atoms with Gasteiger partial charge in [-0.05, 0) is 61.4 Å². The van der Waals surface area contributed by atoms with E-state index in [2.05, 4.69) is 15.9 Å². The van der Waals surface area contributed by atoms with Crippen LogP contribution in [0, 0.1) is 11.8 Å². The maximum absolute atomic E-state index is 12.6. The number of carbonyl (C=O) groups excluding carboxylic acids is 2. The Morgan fingerprint density at radius 3 is 1.80 bits per heavy atom. The van der Waals surface area contributed by atoms with Crippen LogP contribution in [0.4, 0.5) is 5.69 Å². The second-order valence-corrected chi connectivity index (χ2v) is 7.47. The number of ether oxygens (including phenoxy) is 1. The fourth-order valence-corrected chi connectivity index (χ4v) is 3.98. The smallest absolute Gasteiger partial charge is 0.237 e. The summed E-state index contributed by atoms with van der Waals surface area (Å²) in [5, 5.41) is 0. The van der Waals surface area contributed by atoms with Crippen LogP contribution in [0.25, 0.3) is 0 Å². The molecule has 2 aliphatic rings. The number of nitrogens with zero attached hydrogens (tertiary/aromatic N) is 1. The van der Waals surface area contributed by atoms with E-state index in [1.807, 2.05) is 24.3 Å². The van der Waals surface area contributed by atoms with Crippen LogP contribution < -0.4 is 9.64 Å². The number of benzene rings is 2. The van der Waals surface area contributed by atoms with Gasteiger partial charge in [0, 0.05) is 4.47 Å². The lowest BCUT2D eigenvalue weighted by atomic mass is 9.81. The molecule has 4 rings (SSSR count). The number of hydrogen-bond donors (Lipinski definition) is 0. The Bertz CT molecular complexity index is 777. The Hall–Kier alpha value is -2.14. The number of amides is 2. The number of anilines is 1. The molecule has 1 aliphatic heterocycles. The average molecular weight is 400 g/mol. The molecule has 1 heterocycles. The Balaban J connectivity index is 1.53. The van der Waals surface area contributed by atoms with Crippen molar-refractivity contribution in [3.63, 3.8) is 0 Å². The standard InChI is InChI=1S/C20H18BrNO3/c21-13-5-9-15(10-6-13)25-16-11-7-14(8-12-16)22-19(23)17-3-1-2-4-18(17)20(22)24/h5-12,17-18H,1-4H2/t17-,18+. The van der Waals surface area contributed by atoms with Crippen LogP contribution in [0.2, 0.25) is 0 Å². The molecule has 2 aromatic carbocycles. The second kappa shape index (κ2) is 6.64. The fraction of sp³-hybridized carbons (Fsp3) is 0.300. The first-order chi connectivity index (χ1) is 12.1. The molecule has 0 unspecified atom stereocenters. The summed E-state index contributed by atoms with van der Waals surface area (Å²) in [6.07, 6.45) is 3.73. The molecule has 4 nitrogen and oxygen atoms in total. The summed E-state index contributed by atoms with van der Waals surface area (Å²) >= 11 is 3.39. The van der Waals surface area contributed by atoms with Gasteiger partial charge in [-0.15, -0.1) is 0 Å². The maximum Gasteiger partial charge on any atom is 0.237 e. The van der Waals surface area contributed by atoms with Crippen molar-refractivity contribution >= 4 is 33.4 Å². The minimum absolute atomic E-state index is 0.0451. The molecule has 0 bridgehead atoms. The van der Waals surface area contributed by atoms with Gasteiger partial charge >= 0.3 is 0 Å². The van der Waals surface area contributed by atoms with Crippen molar-refractivity contribution in [2.24, 2.45) is 11.8 Å². The molecule has 5 heteroatoms. The van der Waals surface area contributed by atoms with Crippen LogP contribution in [0.15, 0.2) is 53.0 Å². The Morgan fingerprint density at radius 1 is 0.800 bits per heavy atom. The molecule has 1 aliphatic carbocycles. The number of halogens is 1. The van der Waals surface area contributed by atoms with Crippen LogP contribution in [-0.4, -0.2) is 11.8 Å². The van der Waals surface area contributed by atoms with Crippen molar-refractivity contribution in [3.8, 4) is 11.5 Å². The second-order valence-electron chi connectivity index (χ2n) is 6.56. The zero-order valence-corrected chi connectivity index (χ0v) is 15.2. The van der Waals surface area contributed by atoms with E-state index in [9.17, 15) is 9.59 Å². The van der Waals surface area contributed by atoms with Gasteiger partial charge in [-0.2, -0.15) is 0 Å². The van der Waals surface area contributed by atoms with E-state index >= 15 is 0 Å². The molecule has 1 saturated heterocycles. The van der Waals surface area contributed by atoms with Gasteiger partial charge in [-0.1, -0.05) is 28.8 Å². The molecule has 0 spiro atoms. The lowest BCUT2D eigenvalue weighted by Crippen LogP contribution is -2.30. The minimum Gasteiger partial charge on any atom is -0.457 e. The SMILES string of the molecule is O=C1[C@H]2CCCC[C@H]2C(=O)N1c1ccc(Oc2ccc(Br)cc2)cc1. The monoisotopic (exact) mass is 399 g/mol. The average Bonchev–Trinajstić information content (AvgIpc) is 2.89. The van der Waals surface area contributed by atoms with Gasteiger partial charge in [-0.25, -0.2) is 0 Å². The van der Waals surface area contributed by atoms with Gasteiger partial charge < -0.3 is 4.74 Å². The van der Waals surface area contributed by atoms with E-state index < -0.39 is 0 Å². The number of hydrogen-bond acceptors (Lipinski definition) is 3. The minimum atomic E-state index is -0.125. The summed E-state index contributed by atoms with van der Waals surface area (Å²) in [5.74, 6) is 1.06. The van der Waals surface area contributed by atoms with Crippen LogP contribution >= 0.6 is 15.9 Å². The third-order valence-electron chi connectivity index (χ3n) is 4.99. The molecule has 1 saturated carbocycles. The summed E-state index contributed by atoms with van der Waals surface area (Å²) in [4.78, 5) is 26.6. The van der Waals surface area contributed by atoms with Crippen molar-refractivity contribution in [2.45, 2.75) is 25.7 Å². The lowest BCUT2D eigenvalue weighted by Gasteiger charge is -2.19. The topological polar surface area (TPSA) is 46.6 Å². The molecule has 128 valence electrons. The van der Waals surface area contributed by atoms with Crippen LogP contribution in [-0.2, 0) is 9.59 Å². The predicted octanol–water partition coefficient (Wildman–Crippen LogP) is 4.92. The first-order valence-electron chi connectivity index (χ1n) is 8.55. The highest BCUT2D eigenvalue weighted by molar-refractivity contribution is 9.10. The first kappa shape index (κ1) is 16.3. The van der Waals surface area contributed by atoms with Gasteiger partial charge in [0.2, 0.25) is 11.8 Å². The fourth-order valence-electron chi connectivity index (χ4n) is 3.72. The molecule has 2 aromatic rings. The molecule has 25 heavy (non-hydrogen) atoms. The van der Waals surface area contributed by atoms with Crippen LogP contribution in [0.5, 0.6) is 11.5 Å². The number of imide groups is 1. The van der Waals surface area contributed by atoms with Crippen molar-refractivity contribution in [3.05, 3.63) is 53.0 Å². The molecule has 0 N–H and O–H groups in total. The highest BCUT2D eigenvalue weighted by Crippen LogP contribution is 2.40. The predicted molar refractivity (Wildman–Crippen MR) is 98.6 cm³/mol. The Morgan fingerprint density at radius 2 is 1.28 bits per heavy atom. The summed E-state index contributed by atoms with van der Waals surface area (Å²) < 4.78 is 6.78. The van der Waals surface area contributed by atoms with Crippen molar-refractivity contribution in [2.75, 3.05) is 4.90 Å². The molecular formula is C20H18BrNO3. The summed E-state index contributed by atoms with van der Waals surface area (Å²) in [6.45, 7) is 0. The van der Waals surface area contributed by atoms with E-state index in [-0.39, 0.29) is 23.7 Å². The molecule has 2 atom stereocenters.